The topological polar surface area (TPSA) is 58.6 Å². The maximum absolute atomic E-state index is 13.5. The van der Waals surface area contributed by atoms with Gasteiger partial charge in [-0.3, -0.25) is 4.79 Å². The lowest BCUT2D eigenvalue weighted by Crippen LogP contribution is -2.17. The molecule has 1 heterocycles. The van der Waals surface area contributed by atoms with E-state index in [9.17, 15) is 18.0 Å². The Morgan fingerprint density at radius 1 is 1.13 bits per heavy atom. The molecular weight excluding hydrogens is 451 g/mol. The first-order valence-corrected chi connectivity index (χ1v) is 10.5. The van der Waals surface area contributed by atoms with Gasteiger partial charge in [-0.2, -0.15) is 13.2 Å². The van der Waals surface area contributed by atoms with Crippen LogP contribution in [0.15, 0.2) is 54.6 Å². The Kier molecular flexibility index (Phi) is 7.59. The lowest BCUT2D eigenvalue weighted by Gasteiger charge is -2.09. The second kappa shape index (κ2) is 10.2. The van der Waals surface area contributed by atoms with Crippen molar-refractivity contribution in [3.63, 3.8) is 0 Å². The summed E-state index contributed by atoms with van der Waals surface area (Å²) in [6.45, 7) is 0.688. The number of rotatable bonds is 9. The fourth-order valence-electron chi connectivity index (χ4n) is 2.89. The first kappa shape index (κ1) is 23.1. The van der Waals surface area contributed by atoms with Crippen molar-refractivity contribution in [3.05, 3.63) is 74.9 Å². The number of alkyl halides is 3. The van der Waals surface area contributed by atoms with Crippen LogP contribution in [0.5, 0.6) is 5.75 Å². The minimum absolute atomic E-state index is 0.00448. The first-order chi connectivity index (χ1) is 14.7. The van der Waals surface area contributed by atoms with Crippen molar-refractivity contribution in [2.75, 3.05) is 6.54 Å². The van der Waals surface area contributed by atoms with Crippen LogP contribution in [0, 0.1) is 0 Å². The Balaban J connectivity index is 1.68. The van der Waals surface area contributed by atoms with Crippen molar-refractivity contribution in [2.24, 2.45) is 0 Å². The fourth-order valence-corrected chi connectivity index (χ4v) is 4.09. The summed E-state index contributed by atoms with van der Waals surface area (Å²) >= 11 is 6.90. The van der Waals surface area contributed by atoms with Gasteiger partial charge in [0.1, 0.15) is 17.2 Å². The molecule has 0 amide bonds. The van der Waals surface area contributed by atoms with Crippen molar-refractivity contribution in [1.82, 2.24) is 5.32 Å². The summed E-state index contributed by atoms with van der Waals surface area (Å²) in [5, 5.41) is 12.0. The number of carboxylic acids is 1. The summed E-state index contributed by atoms with van der Waals surface area (Å²) in [5.41, 5.74) is 1.40. The highest BCUT2D eigenvalue weighted by Crippen LogP contribution is 2.43. The molecular formula is C22H19ClF3NO3S. The molecule has 2 aromatic carbocycles. The SMILES string of the molecule is O=C(O)CCNCc1ccc(OCc2cc(-c3ccccc3)c(C(F)(F)F)s2)cc1Cl. The van der Waals surface area contributed by atoms with Gasteiger partial charge in [-0.1, -0.05) is 48.0 Å². The monoisotopic (exact) mass is 469 g/mol. The van der Waals surface area contributed by atoms with Crippen LogP contribution in [-0.2, 0) is 24.1 Å². The average molecular weight is 470 g/mol. The van der Waals surface area contributed by atoms with Gasteiger partial charge in [-0.05, 0) is 29.3 Å². The smallest absolute Gasteiger partial charge is 0.426 e. The molecule has 0 atom stereocenters. The molecule has 1 aromatic heterocycles. The number of benzene rings is 2. The molecule has 0 fully saturated rings. The van der Waals surface area contributed by atoms with Crippen molar-refractivity contribution >= 4 is 28.9 Å². The van der Waals surface area contributed by atoms with Gasteiger partial charge in [0.15, 0.2) is 0 Å². The van der Waals surface area contributed by atoms with Crippen LogP contribution < -0.4 is 10.1 Å². The maximum Gasteiger partial charge on any atom is 0.426 e. The first-order valence-electron chi connectivity index (χ1n) is 9.33. The number of aliphatic carboxylic acids is 1. The average Bonchev–Trinajstić information content (AvgIpc) is 3.16. The van der Waals surface area contributed by atoms with E-state index in [2.05, 4.69) is 5.32 Å². The molecule has 31 heavy (non-hydrogen) atoms. The van der Waals surface area contributed by atoms with E-state index >= 15 is 0 Å². The number of ether oxygens (including phenoxy) is 1. The molecule has 9 heteroatoms. The van der Waals surface area contributed by atoms with Crippen molar-refractivity contribution in [2.45, 2.75) is 25.7 Å². The van der Waals surface area contributed by atoms with Crippen molar-refractivity contribution in [1.29, 1.82) is 0 Å². The van der Waals surface area contributed by atoms with E-state index in [1.54, 1.807) is 48.5 Å². The molecule has 0 aliphatic carbocycles. The summed E-state index contributed by atoms with van der Waals surface area (Å²) in [4.78, 5) is 10.3. The molecule has 164 valence electrons. The number of hydrogen-bond donors (Lipinski definition) is 2. The Hall–Kier alpha value is -2.55. The third kappa shape index (κ3) is 6.46. The molecule has 0 aliphatic rings. The normalized spacial score (nSPS) is 11.5. The van der Waals surface area contributed by atoms with E-state index in [1.807, 2.05) is 0 Å². The van der Waals surface area contributed by atoms with Crippen LogP contribution in [0.4, 0.5) is 13.2 Å². The summed E-state index contributed by atoms with van der Waals surface area (Å²) in [5.74, 6) is -0.456. The van der Waals surface area contributed by atoms with Gasteiger partial charge in [0.25, 0.3) is 0 Å². The molecule has 0 radical (unpaired) electrons. The van der Waals surface area contributed by atoms with Gasteiger partial charge in [0, 0.05) is 28.6 Å². The van der Waals surface area contributed by atoms with Gasteiger partial charge >= 0.3 is 12.1 Å². The second-order valence-electron chi connectivity index (χ2n) is 6.68. The quantitative estimate of drug-likeness (QED) is 0.365. The van der Waals surface area contributed by atoms with E-state index < -0.39 is 17.0 Å². The Morgan fingerprint density at radius 3 is 2.52 bits per heavy atom. The summed E-state index contributed by atoms with van der Waals surface area (Å²) in [7, 11) is 0. The predicted octanol–water partition coefficient (Wildman–Crippen LogP) is 6.23. The number of nitrogens with one attached hydrogen (secondary N) is 1. The highest BCUT2D eigenvalue weighted by atomic mass is 35.5. The van der Waals surface area contributed by atoms with Crippen LogP contribution in [0.25, 0.3) is 11.1 Å². The molecule has 0 unspecified atom stereocenters. The lowest BCUT2D eigenvalue weighted by molar-refractivity contribution is -0.137. The molecule has 4 nitrogen and oxygen atoms in total. The van der Waals surface area contributed by atoms with Crippen LogP contribution >= 0.6 is 22.9 Å². The largest absolute Gasteiger partial charge is 0.488 e. The summed E-state index contributed by atoms with van der Waals surface area (Å²) in [6.07, 6.45) is -4.45. The molecule has 0 aliphatic heterocycles. The third-order valence-electron chi connectivity index (χ3n) is 4.36. The van der Waals surface area contributed by atoms with Gasteiger partial charge in [-0.15, -0.1) is 11.3 Å². The van der Waals surface area contributed by atoms with E-state index in [4.69, 9.17) is 21.4 Å². The fraction of sp³-hybridized carbons (Fsp3) is 0.227. The van der Waals surface area contributed by atoms with E-state index in [0.29, 0.717) is 45.6 Å². The zero-order valence-corrected chi connectivity index (χ0v) is 17.8. The molecule has 3 aromatic rings. The predicted molar refractivity (Wildman–Crippen MR) is 115 cm³/mol. The lowest BCUT2D eigenvalue weighted by atomic mass is 10.1. The highest BCUT2D eigenvalue weighted by molar-refractivity contribution is 7.12. The number of carbonyl (C=O) groups is 1. The Labute approximate surface area is 186 Å². The molecule has 0 bridgehead atoms. The minimum atomic E-state index is -4.45. The summed E-state index contributed by atoms with van der Waals surface area (Å²) < 4.78 is 46.1. The van der Waals surface area contributed by atoms with Gasteiger partial charge < -0.3 is 15.2 Å². The van der Waals surface area contributed by atoms with Gasteiger partial charge in [0.2, 0.25) is 0 Å². The molecule has 0 spiro atoms. The van der Waals surface area contributed by atoms with Gasteiger partial charge in [-0.25, -0.2) is 0 Å². The third-order valence-corrected chi connectivity index (χ3v) is 5.87. The van der Waals surface area contributed by atoms with Crippen molar-refractivity contribution in [3.8, 4) is 16.9 Å². The zero-order chi connectivity index (χ0) is 22.4. The maximum atomic E-state index is 13.5. The van der Waals surface area contributed by atoms with E-state index in [0.717, 1.165) is 5.56 Å². The van der Waals surface area contributed by atoms with E-state index in [-0.39, 0.29) is 18.6 Å². The minimum Gasteiger partial charge on any atom is -0.488 e. The Morgan fingerprint density at radius 2 is 1.87 bits per heavy atom. The summed E-state index contributed by atoms with van der Waals surface area (Å²) in [6, 6.07) is 14.9. The number of hydrogen-bond acceptors (Lipinski definition) is 4. The van der Waals surface area contributed by atoms with E-state index in [1.165, 1.54) is 6.07 Å². The van der Waals surface area contributed by atoms with Crippen LogP contribution in [0.1, 0.15) is 21.7 Å². The molecule has 0 saturated carbocycles. The standard InChI is InChI=1S/C22H19ClF3NO3S/c23-19-10-16(7-6-15(19)12-27-9-8-20(28)29)30-13-17-11-18(14-4-2-1-3-5-14)21(31-17)22(24,25)26/h1-7,10-11,27H,8-9,12-13H2,(H,28,29). The molecule has 2 N–H and O–H groups in total. The number of thiophene rings is 1. The van der Waals surface area contributed by atoms with Crippen LogP contribution in [0.2, 0.25) is 5.02 Å². The zero-order valence-electron chi connectivity index (χ0n) is 16.2. The molecule has 0 saturated heterocycles. The number of carboxylic acid groups (broad SMARTS) is 1. The van der Waals surface area contributed by atoms with Gasteiger partial charge in [0.05, 0.1) is 6.42 Å². The molecule has 3 rings (SSSR count). The second-order valence-corrected chi connectivity index (χ2v) is 8.23. The highest BCUT2D eigenvalue weighted by Gasteiger charge is 2.36. The Bertz CT molecular complexity index is 1040. The van der Waals surface area contributed by atoms with Crippen LogP contribution in [0.3, 0.4) is 0 Å². The van der Waals surface area contributed by atoms with Crippen LogP contribution in [-0.4, -0.2) is 17.6 Å². The number of halogens is 4. The van der Waals surface area contributed by atoms with Crippen molar-refractivity contribution < 1.29 is 27.8 Å².